The zero-order valence-electron chi connectivity index (χ0n) is 40.7. The summed E-state index contributed by atoms with van der Waals surface area (Å²) < 4.78 is 13.5. The smallest absolute Gasteiger partial charge is 0.258 e. The van der Waals surface area contributed by atoms with E-state index in [1.54, 1.807) is 0 Å². The summed E-state index contributed by atoms with van der Waals surface area (Å²) in [5, 5.41) is 28.2. The highest BCUT2D eigenvalue weighted by molar-refractivity contribution is 5.78. The van der Waals surface area contributed by atoms with Gasteiger partial charge in [-0.15, -0.1) is 0 Å². The first-order chi connectivity index (χ1) is 29.3. The molecule has 0 unspecified atom stereocenters. The molecule has 6 rings (SSSR count). The highest BCUT2D eigenvalue weighted by atomic mass is 16.5. The van der Waals surface area contributed by atoms with Crippen molar-refractivity contribution in [3.63, 3.8) is 0 Å². The van der Waals surface area contributed by atoms with Gasteiger partial charge < -0.3 is 25.0 Å². The van der Waals surface area contributed by atoms with Gasteiger partial charge in [0.2, 0.25) is 0 Å². The standard InChI is InChI=1S/C57H73NO5/c1-15-21-62-52-41-22-37-26-45(54(3,4)5)28-39(50(37)60)24-43-32-48(57(12,13)14)33-44(53(43)63-34-49(59)58-35(2)36-19-17-16-18-20-36)25-40-29-46(55(6,7)8)27-38(51(40)61)23-42(52)31-47(30-41)56(9,10)11/h16-20,26-33,35,60-61H,15,21-25,34H2,1-14H3,(H,58,59)/t35-/m0/s1. The Kier molecular flexibility index (Phi) is 13.6. The monoisotopic (exact) mass is 852 g/mol. The molecule has 1 atom stereocenters. The number of carbonyl (C=O) groups is 1. The largest absolute Gasteiger partial charge is 0.507 e. The van der Waals surface area contributed by atoms with Gasteiger partial charge in [-0.1, -0.05) is 169 Å². The number of aromatic hydroxyl groups is 2. The van der Waals surface area contributed by atoms with Gasteiger partial charge in [0.05, 0.1) is 12.6 Å². The Morgan fingerprint density at radius 1 is 0.540 bits per heavy atom. The highest BCUT2D eigenvalue weighted by Crippen LogP contribution is 2.44. The van der Waals surface area contributed by atoms with Gasteiger partial charge in [0.25, 0.3) is 5.91 Å². The van der Waals surface area contributed by atoms with Gasteiger partial charge in [0.1, 0.15) is 23.0 Å². The molecule has 0 aromatic heterocycles. The van der Waals surface area contributed by atoms with E-state index in [2.05, 4.69) is 144 Å². The number of benzene rings is 5. The predicted octanol–water partition coefficient (Wildman–Crippen LogP) is 13.0. The predicted molar refractivity (Wildman–Crippen MR) is 259 cm³/mol. The van der Waals surface area contributed by atoms with Crippen LogP contribution in [0.25, 0.3) is 0 Å². The van der Waals surface area contributed by atoms with Crippen molar-refractivity contribution in [2.75, 3.05) is 13.2 Å². The molecule has 63 heavy (non-hydrogen) atoms. The summed E-state index contributed by atoms with van der Waals surface area (Å²) in [7, 11) is 0. The molecule has 0 fully saturated rings. The molecule has 1 aliphatic carbocycles. The van der Waals surface area contributed by atoms with Crippen LogP contribution in [0.5, 0.6) is 23.0 Å². The van der Waals surface area contributed by atoms with Crippen LogP contribution < -0.4 is 14.8 Å². The van der Waals surface area contributed by atoms with Crippen molar-refractivity contribution in [3.8, 4) is 23.0 Å². The number of phenols is 2. The van der Waals surface area contributed by atoms with Crippen LogP contribution in [0.1, 0.15) is 182 Å². The number of amides is 1. The molecule has 0 radical (unpaired) electrons. The number of carbonyl (C=O) groups excluding carboxylic acids is 1. The number of rotatable bonds is 8. The van der Waals surface area contributed by atoms with Crippen molar-refractivity contribution in [1.82, 2.24) is 5.32 Å². The SMILES string of the molecule is CCCOc1c2cc(C(C)(C)C)cc1Cc1cc(C(C)(C)C)cc(c1O)Cc1cc(C(C)(C)C)cc(c1OCC(=O)N[C@@H](C)c1ccccc1)Cc1cc(C(C)(C)C)cc(c1O)C2. The summed E-state index contributed by atoms with van der Waals surface area (Å²) in [6.45, 7) is 31.0. The maximum atomic E-state index is 13.7. The maximum Gasteiger partial charge on any atom is 0.258 e. The van der Waals surface area contributed by atoms with Gasteiger partial charge >= 0.3 is 0 Å². The first-order valence-corrected chi connectivity index (χ1v) is 23.0. The molecule has 0 heterocycles. The second-order valence-corrected chi connectivity index (χ2v) is 22.1. The molecule has 6 heteroatoms. The number of hydrogen-bond acceptors (Lipinski definition) is 5. The third-order valence-electron chi connectivity index (χ3n) is 12.5. The average Bonchev–Trinajstić information content (AvgIpc) is 3.18. The zero-order valence-corrected chi connectivity index (χ0v) is 40.7. The van der Waals surface area contributed by atoms with E-state index in [-0.39, 0.29) is 51.7 Å². The summed E-state index contributed by atoms with van der Waals surface area (Å²) in [5.41, 5.74) is 11.7. The normalized spacial score (nSPS) is 13.9. The van der Waals surface area contributed by atoms with E-state index >= 15 is 0 Å². The lowest BCUT2D eigenvalue weighted by Gasteiger charge is -2.28. The Morgan fingerprint density at radius 3 is 1.17 bits per heavy atom. The number of hydrogen-bond donors (Lipinski definition) is 3. The van der Waals surface area contributed by atoms with Crippen LogP contribution in [0.15, 0.2) is 78.9 Å². The van der Waals surface area contributed by atoms with Gasteiger partial charge in [0.15, 0.2) is 6.61 Å². The van der Waals surface area contributed by atoms with E-state index < -0.39 is 0 Å². The van der Waals surface area contributed by atoms with E-state index in [0.29, 0.717) is 38.0 Å². The van der Waals surface area contributed by atoms with E-state index in [9.17, 15) is 15.0 Å². The fraction of sp³-hybridized carbons (Fsp3) is 0.456. The molecule has 0 aliphatic heterocycles. The van der Waals surface area contributed by atoms with Crippen LogP contribution in [0.4, 0.5) is 0 Å². The van der Waals surface area contributed by atoms with E-state index in [1.807, 2.05) is 37.3 Å². The molecule has 0 saturated heterocycles. The summed E-state index contributed by atoms with van der Waals surface area (Å²) in [6.07, 6.45) is 2.48. The van der Waals surface area contributed by atoms with Crippen molar-refractivity contribution < 1.29 is 24.5 Å². The lowest BCUT2D eigenvalue weighted by Crippen LogP contribution is -2.31. The van der Waals surface area contributed by atoms with Crippen molar-refractivity contribution in [3.05, 3.63) is 151 Å². The molecule has 6 nitrogen and oxygen atoms in total. The quantitative estimate of drug-likeness (QED) is 0.142. The molecule has 8 bridgehead atoms. The Bertz CT molecular complexity index is 2330. The van der Waals surface area contributed by atoms with Crippen LogP contribution in [-0.4, -0.2) is 29.3 Å². The molecule has 5 aromatic rings. The molecule has 0 saturated carbocycles. The van der Waals surface area contributed by atoms with Gasteiger partial charge in [0, 0.05) is 25.7 Å². The Labute approximate surface area is 378 Å². The maximum absolute atomic E-state index is 13.7. The number of fused-ring (bicyclic) bond motifs is 8. The zero-order chi connectivity index (χ0) is 46.2. The molecule has 0 spiro atoms. The minimum Gasteiger partial charge on any atom is -0.507 e. The van der Waals surface area contributed by atoms with Crippen molar-refractivity contribution >= 4 is 5.91 Å². The minimum absolute atomic E-state index is 0.172. The minimum atomic E-state index is -0.241. The van der Waals surface area contributed by atoms with Crippen molar-refractivity contribution in [2.24, 2.45) is 0 Å². The molecular formula is C57H73NO5. The fourth-order valence-corrected chi connectivity index (χ4v) is 8.47. The molecule has 1 amide bonds. The summed E-state index contributed by atoms with van der Waals surface area (Å²) in [4.78, 5) is 13.7. The van der Waals surface area contributed by atoms with E-state index in [1.165, 1.54) is 5.56 Å². The Hall–Kier alpha value is -5.23. The van der Waals surface area contributed by atoms with Crippen LogP contribution in [-0.2, 0) is 52.1 Å². The van der Waals surface area contributed by atoms with Crippen molar-refractivity contribution in [1.29, 1.82) is 0 Å². The number of ether oxygens (including phenoxy) is 2. The van der Waals surface area contributed by atoms with Crippen LogP contribution in [0, 0.1) is 0 Å². The molecule has 3 N–H and O–H groups in total. The first-order valence-electron chi connectivity index (χ1n) is 23.0. The third-order valence-corrected chi connectivity index (χ3v) is 12.5. The van der Waals surface area contributed by atoms with Gasteiger partial charge in [-0.25, -0.2) is 0 Å². The van der Waals surface area contributed by atoms with Crippen molar-refractivity contribution in [2.45, 2.75) is 157 Å². The van der Waals surface area contributed by atoms with Gasteiger partial charge in [-0.2, -0.15) is 0 Å². The van der Waals surface area contributed by atoms with Crippen LogP contribution in [0.2, 0.25) is 0 Å². The summed E-state index contributed by atoms with van der Waals surface area (Å²) in [5.74, 6) is 1.68. The highest BCUT2D eigenvalue weighted by Gasteiger charge is 2.29. The third kappa shape index (κ3) is 11.1. The summed E-state index contributed by atoms with van der Waals surface area (Å²) in [6, 6.07) is 27.2. The molecule has 1 aliphatic rings. The first kappa shape index (κ1) is 47.3. The molecular weight excluding hydrogens is 779 g/mol. The lowest BCUT2D eigenvalue weighted by atomic mass is 9.79. The second kappa shape index (κ2) is 18.1. The van der Waals surface area contributed by atoms with E-state index in [0.717, 1.165) is 78.9 Å². The Morgan fingerprint density at radius 2 is 0.857 bits per heavy atom. The second-order valence-electron chi connectivity index (χ2n) is 22.1. The van der Waals surface area contributed by atoms with E-state index in [4.69, 9.17) is 9.47 Å². The van der Waals surface area contributed by atoms with Crippen LogP contribution in [0.3, 0.4) is 0 Å². The van der Waals surface area contributed by atoms with Gasteiger partial charge in [-0.05, 0) is 107 Å². The van der Waals surface area contributed by atoms with Gasteiger partial charge in [-0.3, -0.25) is 4.79 Å². The lowest BCUT2D eigenvalue weighted by molar-refractivity contribution is -0.123. The fourth-order valence-electron chi connectivity index (χ4n) is 8.47. The molecule has 5 aromatic carbocycles. The number of phenolic OH excluding ortho intramolecular Hbond substituents is 2. The Balaban J connectivity index is 1.65. The molecule has 336 valence electrons. The average molecular weight is 852 g/mol. The van der Waals surface area contributed by atoms with Crippen LogP contribution >= 0.6 is 0 Å². The topological polar surface area (TPSA) is 88.0 Å². The number of nitrogens with one attached hydrogen (secondary N) is 1. The summed E-state index contributed by atoms with van der Waals surface area (Å²) >= 11 is 0.